The van der Waals surface area contributed by atoms with E-state index in [0.717, 1.165) is 28.2 Å². The van der Waals surface area contributed by atoms with Crippen LogP contribution in [0.5, 0.6) is 0 Å². The van der Waals surface area contributed by atoms with E-state index in [0.29, 0.717) is 5.22 Å². The van der Waals surface area contributed by atoms with Crippen molar-refractivity contribution in [3.05, 3.63) is 35.7 Å². The third kappa shape index (κ3) is 3.10. The highest BCUT2D eigenvalue weighted by atomic mass is 32.2. The van der Waals surface area contributed by atoms with Gasteiger partial charge >= 0.3 is 0 Å². The minimum atomic E-state index is -0.331. The van der Waals surface area contributed by atoms with Crippen LogP contribution >= 0.6 is 11.8 Å². The molecule has 3 rings (SSSR count). The average molecular weight is 330 g/mol. The van der Waals surface area contributed by atoms with Gasteiger partial charge < -0.3 is 9.73 Å². The fraction of sp³-hybridized carbons (Fsp3) is 0.312. The maximum Gasteiger partial charge on any atom is 0.257 e. The van der Waals surface area contributed by atoms with Crippen molar-refractivity contribution in [2.75, 3.05) is 5.32 Å². The molecular weight excluding hydrogens is 312 g/mol. The summed E-state index contributed by atoms with van der Waals surface area (Å²) < 4.78 is 7.40. The molecule has 7 heteroatoms. The summed E-state index contributed by atoms with van der Waals surface area (Å²) in [6.07, 6.45) is 0. The lowest BCUT2D eigenvalue weighted by Gasteiger charge is -2.10. The van der Waals surface area contributed by atoms with Crippen molar-refractivity contribution >= 4 is 34.5 Å². The van der Waals surface area contributed by atoms with Gasteiger partial charge in [-0.25, -0.2) is 4.98 Å². The Balaban J connectivity index is 1.72. The van der Waals surface area contributed by atoms with Gasteiger partial charge in [-0.05, 0) is 32.9 Å². The summed E-state index contributed by atoms with van der Waals surface area (Å²) in [6.45, 7) is 5.63. The Hall–Kier alpha value is -2.28. The second kappa shape index (κ2) is 6.08. The minimum absolute atomic E-state index is 0.101. The van der Waals surface area contributed by atoms with Crippen molar-refractivity contribution in [3.63, 3.8) is 0 Å². The number of fused-ring (bicyclic) bond motifs is 1. The summed E-state index contributed by atoms with van der Waals surface area (Å²) in [5, 5.41) is 7.40. The van der Waals surface area contributed by atoms with E-state index in [4.69, 9.17) is 4.42 Å². The number of hydrogen-bond donors (Lipinski definition) is 1. The number of thioether (sulfide) groups is 1. The number of nitrogens with one attached hydrogen (secondary N) is 1. The molecule has 1 atom stereocenters. The largest absolute Gasteiger partial charge is 0.431 e. The Kier molecular flexibility index (Phi) is 4.12. The first-order valence-corrected chi connectivity index (χ1v) is 8.17. The van der Waals surface area contributed by atoms with Crippen molar-refractivity contribution in [1.82, 2.24) is 14.8 Å². The number of nitrogens with zero attached hydrogens (tertiary/aromatic N) is 3. The smallest absolute Gasteiger partial charge is 0.257 e. The molecule has 23 heavy (non-hydrogen) atoms. The van der Waals surface area contributed by atoms with Crippen LogP contribution in [0.4, 0.5) is 5.69 Å². The van der Waals surface area contributed by atoms with Crippen LogP contribution in [-0.4, -0.2) is 25.9 Å². The van der Waals surface area contributed by atoms with Crippen molar-refractivity contribution < 1.29 is 9.21 Å². The predicted octanol–water partition coefficient (Wildman–Crippen LogP) is 3.30. The SMILES string of the molecule is Cc1nn(C)c(C)c1NC(=O)[C@@H](C)Sc1nc2ccccc2o1. The molecule has 0 radical (unpaired) electrons. The molecule has 120 valence electrons. The van der Waals surface area contributed by atoms with Crippen LogP contribution in [0.3, 0.4) is 0 Å². The number of carbonyl (C=O) groups is 1. The first-order chi connectivity index (χ1) is 11.0. The number of carbonyl (C=O) groups excluding carboxylic acids is 1. The summed E-state index contributed by atoms with van der Waals surface area (Å²) in [5.41, 5.74) is 4.01. The minimum Gasteiger partial charge on any atom is -0.431 e. The molecule has 0 aliphatic carbocycles. The summed E-state index contributed by atoms with van der Waals surface area (Å²) in [6, 6.07) is 7.55. The number of para-hydroxylation sites is 2. The Labute approximate surface area is 138 Å². The van der Waals surface area contributed by atoms with Crippen molar-refractivity contribution in [2.24, 2.45) is 7.05 Å². The molecule has 0 fully saturated rings. The van der Waals surface area contributed by atoms with E-state index < -0.39 is 0 Å². The number of amides is 1. The second-order valence-corrected chi connectivity index (χ2v) is 6.66. The summed E-state index contributed by atoms with van der Waals surface area (Å²) in [5.74, 6) is -0.101. The van der Waals surface area contributed by atoms with E-state index in [9.17, 15) is 4.79 Å². The fourth-order valence-electron chi connectivity index (χ4n) is 2.29. The Morgan fingerprint density at radius 2 is 2.09 bits per heavy atom. The van der Waals surface area contributed by atoms with Gasteiger partial charge in [-0.3, -0.25) is 9.48 Å². The molecule has 0 saturated heterocycles. The number of benzene rings is 1. The zero-order valence-electron chi connectivity index (χ0n) is 13.5. The molecule has 6 nitrogen and oxygen atoms in total. The number of oxazole rings is 1. The quantitative estimate of drug-likeness (QED) is 0.743. The van der Waals surface area contributed by atoms with Crippen LogP contribution in [0.25, 0.3) is 11.1 Å². The molecule has 1 amide bonds. The topological polar surface area (TPSA) is 73.0 Å². The third-order valence-electron chi connectivity index (χ3n) is 3.68. The van der Waals surface area contributed by atoms with Crippen LogP contribution < -0.4 is 5.32 Å². The molecule has 0 spiro atoms. The molecule has 0 aliphatic rings. The van der Waals surface area contributed by atoms with Crippen LogP contribution in [0, 0.1) is 13.8 Å². The number of aromatic nitrogens is 3. The Bertz CT molecular complexity index is 835. The number of aryl methyl sites for hydroxylation is 2. The fourth-order valence-corrected chi connectivity index (χ4v) is 3.04. The van der Waals surface area contributed by atoms with E-state index in [1.165, 1.54) is 11.8 Å². The van der Waals surface area contributed by atoms with Crippen molar-refractivity contribution in [2.45, 2.75) is 31.2 Å². The molecule has 0 saturated carbocycles. The molecular formula is C16H18N4O2S. The van der Waals surface area contributed by atoms with Crippen LogP contribution in [0.15, 0.2) is 33.9 Å². The van der Waals surface area contributed by atoms with Gasteiger partial charge in [0.1, 0.15) is 5.52 Å². The van der Waals surface area contributed by atoms with E-state index >= 15 is 0 Å². The average Bonchev–Trinajstić information content (AvgIpc) is 3.02. The lowest BCUT2D eigenvalue weighted by molar-refractivity contribution is -0.115. The third-order valence-corrected chi connectivity index (χ3v) is 4.62. The highest BCUT2D eigenvalue weighted by Crippen LogP contribution is 2.28. The lowest BCUT2D eigenvalue weighted by Crippen LogP contribution is -2.23. The summed E-state index contributed by atoms with van der Waals surface area (Å²) in [7, 11) is 1.86. The highest BCUT2D eigenvalue weighted by molar-refractivity contribution is 8.00. The van der Waals surface area contributed by atoms with Crippen LogP contribution in [-0.2, 0) is 11.8 Å². The standard InChI is InChI=1S/C16H18N4O2S/c1-9-14(10(2)20(4)19-9)18-15(21)11(3)23-16-17-12-7-5-6-8-13(12)22-16/h5-8,11H,1-4H3,(H,18,21)/t11-/m1/s1. The normalized spacial score (nSPS) is 12.5. The molecule has 2 heterocycles. The van der Waals surface area contributed by atoms with Crippen molar-refractivity contribution in [3.8, 4) is 0 Å². The molecule has 0 unspecified atom stereocenters. The molecule has 3 aromatic rings. The molecule has 0 bridgehead atoms. The maximum atomic E-state index is 12.4. The first kappa shape index (κ1) is 15.6. The number of hydrogen-bond acceptors (Lipinski definition) is 5. The van der Waals surface area contributed by atoms with Gasteiger partial charge in [0.05, 0.1) is 22.3 Å². The van der Waals surface area contributed by atoms with Crippen LogP contribution in [0.1, 0.15) is 18.3 Å². The van der Waals surface area contributed by atoms with Gasteiger partial charge in [0.2, 0.25) is 5.91 Å². The molecule has 1 N–H and O–H groups in total. The predicted molar refractivity (Wildman–Crippen MR) is 90.6 cm³/mol. The summed E-state index contributed by atoms with van der Waals surface area (Å²) in [4.78, 5) is 16.8. The van der Waals surface area contributed by atoms with E-state index in [1.807, 2.05) is 52.1 Å². The van der Waals surface area contributed by atoms with Crippen LogP contribution in [0.2, 0.25) is 0 Å². The Morgan fingerprint density at radius 3 is 2.74 bits per heavy atom. The van der Waals surface area contributed by atoms with E-state index in [1.54, 1.807) is 4.68 Å². The van der Waals surface area contributed by atoms with E-state index in [2.05, 4.69) is 15.4 Å². The maximum absolute atomic E-state index is 12.4. The van der Waals surface area contributed by atoms with Gasteiger partial charge in [0.15, 0.2) is 5.58 Å². The second-order valence-electron chi connectivity index (χ2n) is 5.37. The molecule has 0 aliphatic heterocycles. The molecule has 1 aromatic carbocycles. The Morgan fingerprint density at radius 1 is 1.35 bits per heavy atom. The highest BCUT2D eigenvalue weighted by Gasteiger charge is 2.20. The van der Waals surface area contributed by atoms with Gasteiger partial charge in [-0.15, -0.1) is 0 Å². The van der Waals surface area contributed by atoms with Gasteiger partial charge in [-0.1, -0.05) is 23.9 Å². The number of anilines is 1. The monoisotopic (exact) mass is 330 g/mol. The molecule has 2 aromatic heterocycles. The summed E-state index contributed by atoms with van der Waals surface area (Å²) >= 11 is 1.30. The van der Waals surface area contributed by atoms with E-state index in [-0.39, 0.29) is 11.2 Å². The zero-order valence-corrected chi connectivity index (χ0v) is 14.3. The first-order valence-electron chi connectivity index (χ1n) is 7.29. The van der Waals surface area contributed by atoms with Crippen molar-refractivity contribution in [1.29, 1.82) is 0 Å². The lowest BCUT2D eigenvalue weighted by atomic mass is 10.3. The van der Waals surface area contributed by atoms with Gasteiger partial charge in [0.25, 0.3) is 5.22 Å². The zero-order chi connectivity index (χ0) is 16.6. The van der Waals surface area contributed by atoms with Gasteiger partial charge in [0, 0.05) is 7.05 Å². The van der Waals surface area contributed by atoms with Gasteiger partial charge in [-0.2, -0.15) is 5.10 Å². The number of rotatable bonds is 4.